The molecular formula is C28H33N3O2. The predicted octanol–water partition coefficient (Wildman–Crippen LogP) is 5.92. The molecule has 0 radical (unpaired) electrons. The number of rotatable bonds is 10. The average Bonchev–Trinajstić information content (AvgIpc) is 3.65. The Kier molecular flexibility index (Phi) is 7.38. The lowest BCUT2D eigenvalue weighted by Gasteiger charge is -2.15. The topological polar surface area (TPSA) is 71.1 Å². The summed E-state index contributed by atoms with van der Waals surface area (Å²) in [6.07, 6.45) is 9.04. The number of hydrogen-bond acceptors (Lipinski definition) is 3. The Balaban J connectivity index is 1.29. The molecule has 33 heavy (non-hydrogen) atoms. The molecule has 5 nitrogen and oxygen atoms in total. The summed E-state index contributed by atoms with van der Waals surface area (Å²) < 4.78 is 0. The lowest BCUT2D eigenvalue weighted by molar-refractivity contribution is -0.117. The van der Waals surface area contributed by atoms with Gasteiger partial charge in [0.2, 0.25) is 5.91 Å². The third-order valence-electron chi connectivity index (χ3n) is 6.73. The molecule has 5 heteroatoms. The Hall–Kier alpha value is -3.21. The molecular weight excluding hydrogens is 410 g/mol. The van der Waals surface area contributed by atoms with Crippen molar-refractivity contribution < 1.29 is 9.59 Å². The van der Waals surface area contributed by atoms with Crippen LogP contribution in [0.25, 0.3) is 10.8 Å². The summed E-state index contributed by atoms with van der Waals surface area (Å²) in [5, 5.41) is 8.24. The SMILES string of the molecule is CCCCC(CC)CNC(=O)c1ccc(C2CC2C(=O)Nc2ccc3cnccc3c2)cc1. The van der Waals surface area contributed by atoms with Gasteiger partial charge in [0.25, 0.3) is 5.91 Å². The summed E-state index contributed by atoms with van der Waals surface area (Å²) in [6, 6.07) is 15.5. The van der Waals surface area contributed by atoms with Gasteiger partial charge in [-0.2, -0.15) is 0 Å². The number of fused-ring (bicyclic) bond motifs is 1. The normalized spacial score (nSPS) is 18.0. The van der Waals surface area contributed by atoms with E-state index in [2.05, 4.69) is 29.5 Å². The zero-order valence-electron chi connectivity index (χ0n) is 19.5. The number of anilines is 1. The van der Waals surface area contributed by atoms with Crippen LogP contribution in [-0.4, -0.2) is 23.3 Å². The summed E-state index contributed by atoms with van der Waals surface area (Å²) in [6.45, 7) is 5.11. The smallest absolute Gasteiger partial charge is 0.251 e. The molecule has 1 aromatic heterocycles. The highest BCUT2D eigenvalue weighted by atomic mass is 16.2. The van der Waals surface area contributed by atoms with Crippen LogP contribution in [0.4, 0.5) is 5.69 Å². The molecule has 1 aliphatic carbocycles. The van der Waals surface area contributed by atoms with Crippen LogP contribution in [0.15, 0.2) is 60.9 Å². The first-order valence-corrected chi connectivity index (χ1v) is 12.1. The van der Waals surface area contributed by atoms with Crippen molar-refractivity contribution in [1.82, 2.24) is 10.3 Å². The molecule has 0 saturated heterocycles. The molecule has 0 aliphatic heterocycles. The first-order valence-electron chi connectivity index (χ1n) is 12.1. The van der Waals surface area contributed by atoms with Crippen molar-refractivity contribution in [3.8, 4) is 0 Å². The number of pyridine rings is 1. The Bertz CT molecular complexity index is 1110. The van der Waals surface area contributed by atoms with E-state index in [0.29, 0.717) is 11.5 Å². The fourth-order valence-corrected chi connectivity index (χ4v) is 4.41. The second-order valence-electron chi connectivity index (χ2n) is 9.12. The first-order chi connectivity index (χ1) is 16.1. The van der Waals surface area contributed by atoms with E-state index in [9.17, 15) is 9.59 Å². The van der Waals surface area contributed by atoms with E-state index in [-0.39, 0.29) is 23.7 Å². The largest absolute Gasteiger partial charge is 0.352 e. The van der Waals surface area contributed by atoms with Crippen molar-refractivity contribution in [2.24, 2.45) is 11.8 Å². The molecule has 3 unspecified atom stereocenters. The Labute approximate surface area is 196 Å². The number of carbonyl (C=O) groups is 2. The first kappa shape index (κ1) is 23.0. The summed E-state index contributed by atoms with van der Waals surface area (Å²) in [5.41, 5.74) is 2.60. The highest BCUT2D eigenvalue weighted by Crippen LogP contribution is 2.48. The second kappa shape index (κ2) is 10.6. The van der Waals surface area contributed by atoms with Gasteiger partial charge in [0.15, 0.2) is 0 Å². The minimum atomic E-state index is -0.0262. The van der Waals surface area contributed by atoms with Crippen LogP contribution in [0.5, 0.6) is 0 Å². The van der Waals surface area contributed by atoms with Gasteiger partial charge in [-0.15, -0.1) is 0 Å². The molecule has 172 valence electrons. The van der Waals surface area contributed by atoms with Crippen molar-refractivity contribution in [2.75, 3.05) is 11.9 Å². The minimum Gasteiger partial charge on any atom is -0.352 e. The van der Waals surface area contributed by atoms with Gasteiger partial charge < -0.3 is 10.6 Å². The summed E-state index contributed by atoms with van der Waals surface area (Å²) in [4.78, 5) is 29.4. The number of hydrogen-bond donors (Lipinski definition) is 2. The molecule has 2 amide bonds. The van der Waals surface area contributed by atoms with E-state index < -0.39 is 0 Å². The third-order valence-corrected chi connectivity index (χ3v) is 6.73. The van der Waals surface area contributed by atoms with Gasteiger partial charge in [-0.3, -0.25) is 14.6 Å². The number of aromatic nitrogens is 1. The van der Waals surface area contributed by atoms with Crippen molar-refractivity contribution in [3.05, 3.63) is 72.1 Å². The molecule has 0 spiro atoms. The van der Waals surface area contributed by atoms with Crippen LogP contribution in [-0.2, 0) is 4.79 Å². The van der Waals surface area contributed by atoms with Crippen LogP contribution in [0.3, 0.4) is 0 Å². The van der Waals surface area contributed by atoms with Crippen molar-refractivity contribution >= 4 is 28.3 Å². The summed E-state index contributed by atoms with van der Waals surface area (Å²) >= 11 is 0. The van der Waals surface area contributed by atoms with Gasteiger partial charge >= 0.3 is 0 Å². The van der Waals surface area contributed by atoms with Crippen LogP contribution < -0.4 is 10.6 Å². The molecule has 1 fully saturated rings. The molecule has 3 aromatic rings. The van der Waals surface area contributed by atoms with Gasteiger partial charge in [0.1, 0.15) is 0 Å². The van der Waals surface area contributed by atoms with Gasteiger partial charge in [0, 0.05) is 41.5 Å². The van der Waals surface area contributed by atoms with Crippen molar-refractivity contribution in [1.29, 1.82) is 0 Å². The van der Waals surface area contributed by atoms with Crippen molar-refractivity contribution in [2.45, 2.75) is 51.9 Å². The minimum absolute atomic E-state index is 0.0203. The fraction of sp³-hybridized carbons (Fsp3) is 0.393. The van der Waals surface area contributed by atoms with Crippen LogP contribution in [0.1, 0.15) is 67.8 Å². The zero-order valence-corrected chi connectivity index (χ0v) is 19.5. The fourth-order valence-electron chi connectivity index (χ4n) is 4.41. The van der Waals surface area contributed by atoms with Crippen LogP contribution in [0, 0.1) is 11.8 Å². The maximum absolute atomic E-state index is 12.7. The highest BCUT2D eigenvalue weighted by molar-refractivity contribution is 5.97. The number of nitrogens with zero attached hydrogens (tertiary/aromatic N) is 1. The van der Waals surface area contributed by atoms with Crippen LogP contribution in [0.2, 0.25) is 0 Å². The Morgan fingerprint density at radius 2 is 1.88 bits per heavy atom. The molecule has 0 bridgehead atoms. The average molecular weight is 444 g/mol. The highest BCUT2D eigenvalue weighted by Gasteiger charge is 2.43. The molecule has 1 heterocycles. The number of unbranched alkanes of at least 4 members (excludes halogenated alkanes) is 1. The lowest BCUT2D eigenvalue weighted by Crippen LogP contribution is -2.29. The van der Waals surface area contributed by atoms with Gasteiger partial charge in [-0.25, -0.2) is 0 Å². The zero-order chi connectivity index (χ0) is 23.2. The Morgan fingerprint density at radius 3 is 2.64 bits per heavy atom. The number of amides is 2. The molecule has 4 rings (SSSR count). The van der Waals surface area contributed by atoms with Crippen LogP contribution >= 0.6 is 0 Å². The lowest BCUT2D eigenvalue weighted by atomic mass is 9.99. The summed E-state index contributed by atoms with van der Waals surface area (Å²) in [7, 11) is 0. The van der Waals surface area contributed by atoms with E-state index in [1.807, 2.05) is 54.7 Å². The quantitative estimate of drug-likeness (QED) is 0.408. The van der Waals surface area contributed by atoms with E-state index in [4.69, 9.17) is 0 Å². The number of benzene rings is 2. The van der Waals surface area contributed by atoms with E-state index in [1.165, 1.54) is 12.8 Å². The van der Waals surface area contributed by atoms with Gasteiger partial charge in [-0.05, 0) is 66.0 Å². The van der Waals surface area contributed by atoms with E-state index >= 15 is 0 Å². The third kappa shape index (κ3) is 5.78. The van der Waals surface area contributed by atoms with Gasteiger partial charge in [-0.1, -0.05) is 51.3 Å². The van der Waals surface area contributed by atoms with E-state index in [0.717, 1.165) is 47.8 Å². The number of nitrogens with one attached hydrogen (secondary N) is 2. The second-order valence-corrected chi connectivity index (χ2v) is 9.12. The monoisotopic (exact) mass is 443 g/mol. The Morgan fingerprint density at radius 1 is 1.06 bits per heavy atom. The summed E-state index contributed by atoms with van der Waals surface area (Å²) in [5.74, 6) is 0.756. The molecule has 2 aromatic carbocycles. The van der Waals surface area contributed by atoms with Gasteiger partial charge in [0.05, 0.1) is 0 Å². The molecule has 2 N–H and O–H groups in total. The number of carbonyl (C=O) groups excluding carboxylic acids is 2. The van der Waals surface area contributed by atoms with Crippen molar-refractivity contribution in [3.63, 3.8) is 0 Å². The maximum Gasteiger partial charge on any atom is 0.251 e. The molecule has 1 aliphatic rings. The maximum atomic E-state index is 12.7. The molecule has 1 saturated carbocycles. The van der Waals surface area contributed by atoms with E-state index in [1.54, 1.807) is 6.20 Å². The predicted molar refractivity (Wildman–Crippen MR) is 133 cm³/mol. The standard InChI is InChI=1S/C28H33N3O2/c1-3-5-6-19(4-2)17-30-27(32)21-9-7-20(8-10-21)25-16-26(25)28(33)31-24-12-11-23-18-29-14-13-22(23)15-24/h7-15,18-19,25-26H,3-6,16-17H2,1-2H3,(H,30,32)(H,31,33). The molecule has 3 atom stereocenters.